The summed E-state index contributed by atoms with van der Waals surface area (Å²) in [5.41, 5.74) is 1.08. The maximum atomic E-state index is 14.0. The molecule has 37 heavy (non-hydrogen) atoms. The number of nitriles is 2. The van der Waals surface area contributed by atoms with E-state index >= 15 is 0 Å². The number of hydrogen-bond acceptors (Lipinski definition) is 9. The highest BCUT2D eigenvalue weighted by Crippen LogP contribution is 2.26. The summed E-state index contributed by atoms with van der Waals surface area (Å²) in [6.45, 7) is 3.88. The smallest absolute Gasteiger partial charge is 0.387 e. The van der Waals surface area contributed by atoms with Gasteiger partial charge in [-0.05, 0) is 45.0 Å². The Morgan fingerprint density at radius 2 is 1.89 bits per heavy atom. The summed E-state index contributed by atoms with van der Waals surface area (Å²) in [6.07, 6.45) is 1.10. The van der Waals surface area contributed by atoms with Crippen molar-refractivity contribution >= 4 is 27.5 Å². The molecular weight excluding hydrogens is 509 g/mol. The molecule has 1 amide bonds. The van der Waals surface area contributed by atoms with Gasteiger partial charge >= 0.3 is 10.4 Å². The molecule has 3 rings (SSSR count). The van der Waals surface area contributed by atoms with Crippen molar-refractivity contribution in [2.45, 2.75) is 38.6 Å². The van der Waals surface area contributed by atoms with Crippen LogP contribution in [0.4, 0.5) is 10.1 Å². The third-order valence-corrected chi connectivity index (χ3v) is 4.81. The molecule has 3 aromatic heterocycles. The van der Waals surface area contributed by atoms with Crippen molar-refractivity contribution in [3.63, 3.8) is 0 Å². The molecule has 0 saturated carbocycles. The highest BCUT2D eigenvalue weighted by Gasteiger charge is 2.27. The van der Waals surface area contributed by atoms with Gasteiger partial charge in [0.05, 0.1) is 58.1 Å². The van der Waals surface area contributed by atoms with Crippen LogP contribution in [0.3, 0.4) is 0 Å². The minimum Gasteiger partial charge on any atom is -0.387 e. The van der Waals surface area contributed by atoms with Gasteiger partial charge in [0.25, 0.3) is 5.91 Å². The lowest BCUT2D eigenvalue weighted by molar-refractivity contribution is -0.00177. The summed E-state index contributed by atoms with van der Waals surface area (Å²) in [4.78, 5) is 17.0. The standard InChI is InChI=1S/C22H22FN7O2.H2O4S/c1-13(8-24)29-17-7-18(19-5-4-15-6-14(9-25)10-28-30(15)19)26-11-16(17)21(31)27-12-20(23)22(2,3)32;1-5(2,3)4/h4-7,10-11,13,20,32H,12H2,1-3H3,(H,26,29)(H,27,31);(H2,1,2,3,4)/t13-,20-;/m1./s1. The van der Waals surface area contributed by atoms with Gasteiger partial charge in [-0.25, -0.2) is 8.91 Å². The van der Waals surface area contributed by atoms with Gasteiger partial charge in [0.1, 0.15) is 18.3 Å². The summed E-state index contributed by atoms with van der Waals surface area (Å²) in [5, 5.41) is 37.6. The number of carbonyl (C=O) groups excluding carboxylic acids is 1. The molecular formula is C22H24FN7O6S. The SMILES string of the molecule is C[C@H](C#N)Nc1cc(-c2ccc3cc(C#N)cnn23)ncc1C(=O)NC[C@@H](F)C(C)(C)O.O=S(=O)(O)O. The van der Waals surface area contributed by atoms with Crippen molar-refractivity contribution in [2.75, 3.05) is 11.9 Å². The summed E-state index contributed by atoms with van der Waals surface area (Å²) in [7, 11) is -4.67. The average molecular weight is 534 g/mol. The number of pyridine rings is 1. The molecule has 196 valence electrons. The number of halogens is 1. The molecule has 0 bridgehead atoms. The Kier molecular flexibility index (Phi) is 9.21. The molecule has 0 saturated heterocycles. The van der Waals surface area contributed by atoms with Crippen LogP contribution in [0.15, 0.2) is 36.7 Å². The number of amides is 1. The first kappa shape index (κ1) is 29.1. The van der Waals surface area contributed by atoms with Crippen molar-refractivity contribution in [3.8, 4) is 23.5 Å². The normalized spacial score (nSPS) is 12.9. The second-order valence-electron chi connectivity index (χ2n) is 8.30. The summed E-state index contributed by atoms with van der Waals surface area (Å²) < 4.78 is 47.2. The molecule has 3 heterocycles. The lowest BCUT2D eigenvalue weighted by Gasteiger charge is -2.22. The van der Waals surface area contributed by atoms with Gasteiger partial charge in [0.2, 0.25) is 0 Å². The van der Waals surface area contributed by atoms with Crippen LogP contribution >= 0.6 is 0 Å². The van der Waals surface area contributed by atoms with Gasteiger partial charge in [0.15, 0.2) is 0 Å². The molecule has 3 aromatic rings. The van der Waals surface area contributed by atoms with E-state index in [1.165, 1.54) is 26.2 Å². The van der Waals surface area contributed by atoms with Crippen LogP contribution < -0.4 is 10.6 Å². The maximum absolute atomic E-state index is 14.0. The minimum atomic E-state index is -4.67. The van der Waals surface area contributed by atoms with Crippen molar-refractivity contribution in [1.82, 2.24) is 19.9 Å². The van der Waals surface area contributed by atoms with E-state index in [1.54, 1.807) is 35.7 Å². The Bertz CT molecular complexity index is 1460. The highest BCUT2D eigenvalue weighted by atomic mass is 32.3. The number of alkyl halides is 1. The van der Waals surface area contributed by atoms with Crippen molar-refractivity contribution < 1.29 is 31.8 Å². The third-order valence-electron chi connectivity index (χ3n) is 4.81. The molecule has 13 nitrogen and oxygen atoms in total. The fraction of sp³-hybridized carbons (Fsp3) is 0.318. The second kappa shape index (κ2) is 11.7. The van der Waals surface area contributed by atoms with E-state index in [1.807, 2.05) is 12.1 Å². The van der Waals surface area contributed by atoms with Crippen LogP contribution in [0.5, 0.6) is 0 Å². The first-order chi connectivity index (χ1) is 17.1. The lowest BCUT2D eigenvalue weighted by atomic mass is 10.0. The number of aliphatic hydroxyl groups is 1. The van der Waals surface area contributed by atoms with E-state index in [-0.39, 0.29) is 12.1 Å². The first-order valence-corrected chi connectivity index (χ1v) is 11.9. The molecule has 0 fully saturated rings. The lowest BCUT2D eigenvalue weighted by Crippen LogP contribution is -2.42. The highest BCUT2D eigenvalue weighted by molar-refractivity contribution is 7.79. The number of nitrogens with zero attached hydrogens (tertiary/aromatic N) is 5. The first-order valence-electron chi connectivity index (χ1n) is 10.5. The maximum Gasteiger partial charge on any atom is 0.394 e. The molecule has 0 aliphatic carbocycles. The average Bonchev–Trinajstić information content (AvgIpc) is 3.23. The fourth-order valence-corrected chi connectivity index (χ4v) is 2.94. The molecule has 0 spiro atoms. The number of rotatable bonds is 7. The van der Waals surface area contributed by atoms with E-state index in [4.69, 9.17) is 22.8 Å². The van der Waals surface area contributed by atoms with Crippen LogP contribution in [0.2, 0.25) is 0 Å². The topological polar surface area (TPSA) is 214 Å². The summed E-state index contributed by atoms with van der Waals surface area (Å²) in [6, 6.07) is 10.3. The van der Waals surface area contributed by atoms with Gasteiger partial charge in [-0.1, -0.05) is 0 Å². The molecule has 0 aliphatic rings. The summed E-state index contributed by atoms with van der Waals surface area (Å²) >= 11 is 0. The molecule has 0 radical (unpaired) electrons. The predicted octanol–water partition coefficient (Wildman–Crippen LogP) is 1.78. The van der Waals surface area contributed by atoms with Crippen molar-refractivity contribution in [3.05, 3.63) is 47.8 Å². The Balaban J connectivity index is 0.000000877. The minimum absolute atomic E-state index is 0.124. The van der Waals surface area contributed by atoms with E-state index in [9.17, 15) is 19.6 Å². The zero-order valence-electron chi connectivity index (χ0n) is 19.9. The molecule has 0 aromatic carbocycles. The molecule has 15 heteroatoms. The fourth-order valence-electron chi connectivity index (χ4n) is 2.94. The quantitative estimate of drug-likeness (QED) is 0.276. The van der Waals surface area contributed by atoms with Gasteiger partial charge in [-0.2, -0.15) is 24.0 Å². The summed E-state index contributed by atoms with van der Waals surface area (Å²) in [5.74, 6) is -0.597. The second-order valence-corrected chi connectivity index (χ2v) is 9.20. The van der Waals surface area contributed by atoms with Gasteiger partial charge in [0, 0.05) is 6.20 Å². The largest absolute Gasteiger partial charge is 0.394 e. The van der Waals surface area contributed by atoms with E-state index in [0.29, 0.717) is 28.2 Å². The number of hydrogen-bond donors (Lipinski definition) is 5. The Labute approximate surface area is 211 Å². The van der Waals surface area contributed by atoms with E-state index < -0.39 is 34.1 Å². The third kappa shape index (κ3) is 8.48. The van der Waals surface area contributed by atoms with Gasteiger partial charge < -0.3 is 15.7 Å². The number of anilines is 1. The molecule has 5 N–H and O–H groups in total. The van der Waals surface area contributed by atoms with Crippen LogP contribution in [0.25, 0.3) is 16.9 Å². The number of aromatic nitrogens is 3. The Morgan fingerprint density at radius 1 is 1.24 bits per heavy atom. The van der Waals surface area contributed by atoms with Crippen LogP contribution in [0, 0.1) is 22.7 Å². The van der Waals surface area contributed by atoms with Gasteiger partial charge in [-0.15, -0.1) is 0 Å². The van der Waals surface area contributed by atoms with E-state index in [2.05, 4.69) is 20.7 Å². The zero-order chi connectivity index (χ0) is 28.0. The Hall–Kier alpha value is -4.15. The Morgan fingerprint density at radius 3 is 2.46 bits per heavy atom. The zero-order valence-corrected chi connectivity index (χ0v) is 20.7. The number of fused-ring (bicyclic) bond motifs is 1. The number of nitrogens with one attached hydrogen (secondary N) is 2. The monoisotopic (exact) mass is 533 g/mol. The van der Waals surface area contributed by atoms with Crippen molar-refractivity contribution in [2.24, 2.45) is 0 Å². The van der Waals surface area contributed by atoms with Crippen LogP contribution in [-0.4, -0.2) is 67.5 Å². The predicted molar refractivity (Wildman–Crippen MR) is 130 cm³/mol. The van der Waals surface area contributed by atoms with E-state index in [0.717, 1.165) is 0 Å². The van der Waals surface area contributed by atoms with Crippen LogP contribution in [0.1, 0.15) is 36.7 Å². The van der Waals surface area contributed by atoms with Gasteiger partial charge in [-0.3, -0.25) is 18.9 Å². The molecule has 2 atom stereocenters. The molecule has 0 aliphatic heterocycles. The molecule has 0 unspecified atom stereocenters. The van der Waals surface area contributed by atoms with Crippen molar-refractivity contribution in [1.29, 1.82) is 10.5 Å². The number of carbonyl (C=O) groups is 1. The van der Waals surface area contributed by atoms with Crippen LogP contribution in [-0.2, 0) is 10.4 Å².